The Morgan fingerprint density at radius 2 is 1.28 bits per heavy atom. The van der Waals surface area contributed by atoms with Gasteiger partial charge in [0.25, 0.3) is 0 Å². The molecule has 14 atom stereocenters. The molecule has 0 aromatic heterocycles. The molecule has 2 rings (SSSR count). The Morgan fingerprint density at radius 1 is 0.722 bits per heavy atom. The fraction of sp³-hybridized carbons (Fsp3) is 0.944. The second kappa shape index (κ2) is 16.1. The van der Waals surface area contributed by atoms with Gasteiger partial charge in [-0.05, 0) is 0 Å². The van der Waals surface area contributed by atoms with Crippen LogP contribution >= 0.6 is 0 Å². The Balaban J connectivity index is 0.000000807. The Hall–Kier alpha value is -1.01. The SMILES string of the molecule is O.O=C[C@H](O)[C@@H](O)[C@H](O)[C@H](O)CO.OC[C@H]1O[C@@H](O[C@H]2[C@H](O)[C@@H](O)[C@H](O)O[C@@H]2CO)[C@H](O)[C@@H](O)[C@H]1O. The molecule has 0 aromatic rings. The molecule has 2 saturated heterocycles. The largest absolute Gasteiger partial charge is 0.412 e. The fourth-order valence-electron chi connectivity index (χ4n) is 3.19. The van der Waals surface area contributed by atoms with Gasteiger partial charge in [-0.3, -0.25) is 0 Å². The van der Waals surface area contributed by atoms with Crippen LogP contribution in [0.15, 0.2) is 0 Å². The molecule has 15 N–H and O–H groups in total. The van der Waals surface area contributed by atoms with Crippen molar-refractivity contribution in [1.82, 2.24) is 0 Å². The van der Waals surface area contributed by atoms with Crippen molar-refractivity contribution in [3.63, 3.8) is 0 Å². The molecule has 0 radical (unpaired) electrons. The zero-order valence-electron chi connectivity index (χ0n) is 18.7. The summed E-state index contributed by atoms with van der Waals surface area (Å²) in [5.74, 6) is 0. The van der Waals surface area contributed by atoms with Gasteiger partial charge < -0.3 is 90.9 Å². The third-order valence-electron chi connectivity index (χ3n) is 5.40. The number of hydrogen-bond acceptors (Lipinski definition) is 17. The molecule has 2 heterocycles. The van der Waals surface area contributed by atoms with E-state index in [-0.39, 0.29) is 11.8 Å². The van der Waals surface area contributed by atoms with E-state index in [9.17, 15) is 40.5 Å². The van der Waals surface area contributed by atoms with Gasteiger partial charge in [0.15, 0.2) is 18.9 Å². The Bertz CT molecular complexity index is 609. The van der Waals surface area contributed by atoms with Crippen LogP contribution in [-0.4, -0.2) is 184 Å². The molecule has 2 aliphatic heterocycles. The lowest BCUT2D eigenvalue weighted by molar-refractivity contribution is -0.355. The van der Waals surface area contributed by atoms with Gasteiger partial charge in [0.05, 0.1) is 19.8 Å². The first-order chi connectivity index (χ1) is 16.4. The molecule has 0 amide bonds. The lowest BCUT2D eigenvalue weighted by atomic mass is 9.97. The van der Waals surface area contributed by atoms with E-state index in [4.69, 9.17) is 44.8 Å². The van der Waals surface area contributed by atoms with Crippen LogP contribution in [0.5, 0.6) is 0 Å². The fourth-order valence-corrected chi connectivity index (χ4v) is 3.19. The maximum absolute atomic E-state index is 9.94. The summed E-state index contributed by atoms with van der Waals surface area (Å²) in [5, 5.41) is 120. The second-order valence-corrected chi connectivity index (χ2v) is 7.88. The number of aliphatic hydroxyl groups is 13. The average molecular weight is 540 g/mol. The average Bonchev–Trinajstić information content (AvgIpc) is 2.87. The van der Waals surface area contributed by atoms with E-state index in [1.54, 1.807) is 0 Å². The summed E-state index contributed by atoms with van der Waals surface area (Å²) >= 11 is 0. The molecular weight excluding hydrogens is 504 g/mol. The summed E-state index contributed by atoms with van der Waals surface area (Å²) in [4.78, 5) is 9.90. The number of ether oxygens (including phenoxy) is 3. The topological polar surface area (TPSA) is 339 Å². The summed E-state index contributed by atoms with van der Waals surface area (Å²) in [6.07, 6.45) is -22.4. The van der Waals surface area contributed by atoms with Crippen molar-refractivity contribution in [2.45, 2.75) is 85.8 Å². The van der Waals surface area contributed by atoms with E-state index in [0.29, 0.717) is 0 Å². The van der Waals surface area contributed by atoms with Crippen LogP contribution in [0.2, 0.25) is 0 Å². The number of carbonyl (C=O) groups excluding carboxylic acids is 1. The van der Waals surface area contributed by atoms with Gasteiger partial charge in [-0.1, -0.05) is 0 Å². The Labute approximate surface area is 203 Å². The third-order valence-corrected chi connectivity index (χ3v) is 5.40. The molecule has 0 saturated carbocycles. The van der Waals surface area contributed by atoms with Gasteiger partial charge >= 0.3 is 0 Å². The number of hydrogen-bond donors (Lipinski definition) is 13. The van der Waals surface area contributed by atoms with Crippen LogP contribution in [0.1, 0.15) is 0 Å². The first kappa shape index (κ1) is 35.0. The number of carbonyl (C=O) groups is 1. The van der Waals surface area contributed by atoms with Crippen LogP contribution in [0.3, 0.4) is 0 Å². The molecule has 0 unspecified atom stereocenters. The lowest BCUT2D eigenvalue weighted by Gasteiger charge is -2.45. The maximum Gasteiger partial charge on any atom is 0.187 e. The van der Waals surface area contributed by atoms with Crippen molar-refractivity contribution in [2.24, 2.45) is 0 Å². The van der Waals surface area contributed by atoms with Crippen molar-refractivity contribution in [3.05, 3.63) is 0 Å². The Kier molecular flexibility index (Phi) is 15.6. The Morgan fingerprint density at radius 3 is 1.75 bits per heavy atom. The number of aldehydes is 1. The van der Waals surface area contributed by atoms with Gasteiger partial charge in [0.1, 0.15) is 73.2 Å². The van der Waals surface area contributed by atoms with Gasteiger partial charge in [-0.2, -0.15) is 0 Å². The molecule has 0 spiro atoms. The van der Waals surface area contributed by atoms with Crippen molar-refractivity contribution < 1.29 is 90.9 Å². The molecular formula is C18H36O18. The van der Waals surface area contributed by atoms with Gasteiger partial charge in [-0.25, -0.2) is 0 Å². The minimum absolute atomic E-state index is 0. The zero-order valence-corrected chi connectivity index (χ0v) is 18.7. The summed E-state index contributed by atoms with van der Waals surface area (Å²) in [5.41, 5.74) is 0. The summed E-state index contributed by atoms with van der Waals surface area (Å²) in [6.45, 7) is -2.11. The second-order valence-electron chi connectivity index (χ2n) is 7.88. The minimum Gasteiger partial charge on any atom is -0.412 e. The van der Waals surface area contributed by atoms with Crippen LogP contribution < -0.4 is 0 Å². The maximum atomic E-state index is 9.94. The van der Waals surface area contributed by atoms with Crippen LogP contribution in [0, 0.1) is 0 Å². The first-order valence-corrected chi connectivity index (χ1v) is 10.4. The van der Waals surface area contributed by atoms with Gasteiger partial charge in [0, 0.05) is 0 Å². The predicted octanol–water partition coefficient (Wildman–Crippen LogP) is -9.60. The molecule has 36 heavy (non-hydrogen) atoms. The predicted molar refractivity (Wildman–Crippen MR) is 109 cm³/mol. The first-order valence-electron chi connectivity index (χ1n) is 10.4. The summed E-state index contributed by atoms with van der Waals surface area (Å²) in [6, 6.07) is 0. The highest BCUT2D eigenvalue weighted by Gasteiger charge is 2.50. The van der Waals surface area contributed by atoms with Gasteiger partial charge in [0.2, 0.25) is 0 Å². The summed E-state index contributed by atoms with van der Waals surface area (Å²) in [7, 11) is 0. The molecule has 0 bridgehead atoms. The molecule has 0 aliphatic carbocycles. The summed E-state index contributed by atoms with van der Waals surface area (Å²) < 4.78 is 15.3. The molecule has 18 heteroatoms. The van der Waals surface area contributed by atoms with E-state index in [1.807, 2.05) is 0 Å². The smallest absolute Gasteiger partial charge is 0.187 e. The van der Waals surface area contributed by atoms with Crippen LogP contribution in [0.25, 0.3) is 0 Å². The van der Waals surface area contributed by atoms with Gasteiger partial charge in [-0.15, -0.1) is 0 Å². The van der Waals surface area contributed by atoms with Crippen molar-refractivity contribution in [2.75, 3.05) is 19.8 Å². The molecule has 0 aromatic carbocycles. The van der Waals surface area contributed by atoms with E-state index >= 15 is 0 Å². The molecule has 216 valence electrons. The molecule has 2 aliphatic rings. The molecule has 2 fully saturated rings. The highest BCUT2D eigenvalue weighted by molar-refractivity contribution is 5.56. The van der Waals surface area contributed by atoms with Crippen molar-refractivity contribution in [1.29, 1.82) is 0 Å². The van der Waals surface area contributed by atoms with E-state index in [1.165, 1.54) is 0 Å². The van der Waals surface area contributed by atoms with Crippen molar-refractivity contribution in [3.8, 4) is 0 Å². The normalized spacial score (nSPS) is 40.0. The highest BCUT2D eigenvalue weighted by Crippen LogP contribution is 2.28. The van der Waals surface area contributed by atoms with Crippen molar-refractivity contribution >= 4 is 6.29 Å². The lowest BCUT2D eigenvalue weighted by Crippen LogP contribution is -2.64. The van der Waals surface area contributed by atoms with E-state index < -0.39 is 106 Å². The van der Waals surface area contributed by atoms with E-state index in [2.05, 4.69) is 0 Å². The minimum atomic E-state index is -1.79. The van der Waals surface area contributed by atoms with Crippen LogP contribution in [-0.2, 0) is 19.0 Å². The van der Waals surface area contributed by atoms with E-state index in [0.717, 1.165) is 0 Å². The quantitative estimate of drug-likeness (QED) is 0.121. The highest BCUT2D eigenvalue weighted by atomic mass is 16.7. The molecule has 18 nitrogen and oxygen atoms in total. The third kappa shape index (κ3) is 8.51. The number of aliphatic hydroxyl groups excluding tert-OH is 13. The zero-order chi connectivity index (χ0) is 27.0. The van der Waals surface area contributed by atoms with Crippen LogP contribution in [0.4, 0.5) is 0 Å². The standard InChI is InChI=1S/C12H22O11.C6H12O6.H2O/c13-1-3-5(15)6(16)9(19)12(22-3)23-10-4(2-14)21-11(20)8(18)7(10)17;7-1-3(9)5(11)6(12)4(10)2-8;/h3-20H,1-2H2;1,3-6,8-12H,2H2;1H2/t3-,4-,5+,6+,7-,8-,9-,10-,11-,12+;3-,4+,5+,6+;/m10./s1. The monoisotopic (exact) mass is 540 g/mol. The number of rotatable bonds is 9.